The second kappa shape index (κ2) is 5.76. The zero-order valence-corrected chi connectivity index (χ0v) is 11.8. The second-order valence-electron chi connectivity index (χ2n) is 4.67. The Labute approximate surface area is 117 Å². The summed E-state index contributed by atoms with van der Waals surface area (Å²) in [7, 11) is 0. The van der Waals surface area contributed by atoms with E-state index in [1.54, 1.807) is 12.1 Å². The normalized spacial score (nSPS) is 27.7. The lowest BCUT2D eigenvalue weighted by Gasteiger charge is -2.26. The van der Waals surface area contributed by atoms with Crippen LogP contribution in [0.5, 0.6) is 0 Å². The maximum atomic E-state index is 10.3. The van der Waals surface area contributed by atoms with Crippen LogP contribution in [-0.4, -0.2) is 30.0 Å². The van der Waals surface area contributed by atoms with Crippen LogP contribution in [0.1, 0.15) is 18.9 Å². The Hall–Kier alpha value is -0.320. The molecule has 1 fully saturated rings. The molecule has 1 aromatic rings. The Morgan fingerprint density at radius 1 is 1.44 bits per heavy atom. The standard InChI is InChI=1S/C13H17Cl2NO2/c1-9-13(17,5-6-18-9)8-16-7-10-11(14)3-2-4-12(10)15/h2-4,9,16-17H,5-8H2,1H3. The van der Waals surface area contributed by atoms with Crippen LogP contribution < -0.4 is 5.32 Å². The van der Waals surface area contributed by atoms with E-state index in [1.165, 1.54) is 0 Å². The summed E-state index contributed by atoms with van der Waals surface area (Å²) in [6.07, 6.45) is 0.504. The van der Waals surface area contributed by atoms with E-state index >= 15 is 0 Å². The highest BCUT2D eigenvalue weighted by molar-refractivity contribution is 6.35. The topological polar surface area (TPSA) is 41.5 Å². The maximum Gasteiger partial charge on any atom is 0.105 e. The lowest BCUT2D eigenvalue weighted by Crippen LogP contribution is -2.45. The van der Waals surface area contributed by atoms with Crippen molar-refractivity contribution in [1.29, 1.82) is 0 Å². The fraction of sp³-hybridized carbons (Fsp3) is 0.538. The van der Waals surface area contributed by atoms with Gasteiger partial charge in [-0.05, 0) is 19.1 Å². The number of nitrogens with one attached hydrogen (secondary N) is 1. The molecule has 1 saturated heterocycles. The molecule has 0 amide bonds. The molecule has 0 bridgehead atoms. The van der Waals surface area contributed by atoms with Gasteiger partial charge >= 0.3 is 0 Å². The number of aliphatic hydroxyl groups is 1. The van der Waals surface area contributed by atoms with Gasteiger partial charge in [-0.2, -0.15) is 0 Å². The monoisotopic (exact) mass is 289 g/mol. The third-order valence-electron chi connectivity index (χ3n) is 3.45. The van der Waals surface area contributed by atoms with Crippen molar-refractivity contribution in [3.63, 3.8) is 0 Å². The van der Waals surface area contributed by atoms with Gasteiger partial charge in [0.2, 0.25) is 0 Å². The fourth-order valence-electron chi connectivity index (χ4n) is 2.11. The Morgan fingerprint density at radius 3 is 2.67 bits per heavy atom. The molecule has 1 heterocycles. The van der Waals surface area contributed by atoms with Crippen LogP contribution in [-0.2, 0) is 11.3 Å². The van der Waals surface area contributed by atoms with Crippen molar-refractivity contribution in [3.8, 4) is 0 Å². The van der Waals surface area contributed by atoms with Gasteiger partial charge < -0.3 is 15.2 Å². The summed E-state index contributed by atoms with van der Waals surface area (Å²) >= 11 is 12.2. The zero-order valence-electron chi connectivity index (χ0n) is 10.2. The highest BCUT2D eigenvalue weighted by Crippen LogP contribution is 2.26. The number of benzene rings is 1. The predicted octanol–water partition coefficient (Wildman–Crippen LogP) is 2.62. The molecule has 0 radical (unpaired) electrons. The first-order valence-corrected chi connectivity index (χ1v) is 6.76. The highest BCUT2D eigenvalue weighted by Gasteiger charge is 2.38. The van der Waals surface area contributed by atoms with Crippen LogP contribution in [0.3, 0.4) is 0 Å². The molecule has 2 rings (SSSR count). The second-order valence-corrected chi connectivity index (χ2v) is 5.48. The number of hydrogen-bond acceptors (Lipinski definition) is 3. The minimum Gasteiger partial charge on any atom is -0.386 e. The summed E-state index contributed by atoms with van der Waals surface area (Å²) < 4.78 is 5.38. The molecule has 0 spiro atoms. The smallest absolute Gasteiger partial charge is 0.105 e. The largest absolute Gasteiger partial charge is 0.386 e. The van der Waals surface area contributed by atoms with Crippen LogP contribution in [0.15, 0.2) is 18.2 Å². The number of rotatable bonds is 4. The number of hydrogen-bond donors (Lipinski definition) is 2. The summed E-state index contributed by atoms with van der Waals surface area (Å²) in [6.45, 7) is 3.49. The van der Waals surface area contributed by atoms with Crippen LogP contribution in [0.4, 0.5) is 0 Å². The fourth-order valence-corrected chi connectivity index (χ4v) is 2.64. The minimum atomic E-state index is -0.798. The predicted molar refractivity (Wildman–Crippen MR) is 73.1 cm³/mol. The van der Waals surface area contributed by atoms with E-state index in [-0.39, 0.29) is 6.10 Å². The maximum absolute atomic E-state index is 10.3. The molecule has 2 N–H and O–H groups in total. The Morgan fingerprint density at radius 2 is 2.11 bits per heavy atom. The average Bonchev–Trinajstić information content (AvgIpc) is 2.64. The lowest BCUT2D eigenvalue weighted by atomic mass is 9.96. The number of ether oxygens (including phenoxy) is 1. The molecule has 0 aliphatic carbocycles. The summed E-state index contributed by atoms with van der Waals surface area (Å²) in [5.74, 6) is 0. The molecular formula is C13H17Cl2NO2. The van der Waals surface area contributed by atoms with Gasteiger partial charge in [-0.25, -0.2) is 0 Å². The van der Waals surface area contributed by atoms with Gasteiger partial charge in [-0.3, -0.25) is 0 Å². The molecule has 1 aliphatic rings. The molecule has 3 nitrogen and oxygen atoms in total. The van der Waals surface area contributed by atoms with Gasteiger partial charge in [-0.15, -0.1) is 0 Å². The molecule has 1 aromatic carbocycles. The zero-order chi connectivity index (χ0) is 13.2. The molecule has 1 aliphatic heterocycles. The van der Waals surface area contributed by atoms with Crippen LogP contribution in [0, 0.1) is 0 Å². The average molecular weight is 290 g/mol. The van der Waals surface area contributed by atoms with Crippen LogP contribution in [0.2, 0.25) is 10.0 Å². The Bertz CT molecular complexity index is 407. The Balaban J connectivity index is 1.93. The highest BCUT2D eigenvalue weighted by atomic mass is 35.5. The van der Waals surface area contributed by atoms with Gasteiger partial charge in [0.25, 0.3) is 0 Å². The summed E-state index contributed by atoms with van der Waals surface area (Å²) in [5, 5.41) is 14.8. The molecular weight excluding hydrogens is 273 g/mol. The lowest BCUT2D eigenvalue weighted by molar-refractivity contribution is -0.0262. The molecule has 2 unspecified atom stereocenters. The van der Waals surface area contributed by atoms with Gasteiger partial charge in [0.05, 0.1) is 6.10 Å². The molecule has 18 heavy (non-hydrogen) atoms. The minimum absolute atomic E-state index is 0.147. The van der Waals surface area contributed by atoms with Crippen molar-refractivity contribution in [2.45, 2.75) is 31.6 Å². The number of halogens is 2. The molecule has 0 aromatic heterocycles. The first-order valence-electron chi connectivity index (χ1n) is 6.00. The van der Waals surface area contributed by atoms with Gasteiger partial charge in [-0.1, -0.05) is 29.3 Å². The molecule has 0 saturated carbocycles. The molecule has 5 heteroatoms. The van der Waals surface area contributed by atoms with Crippen molar-refractivity contribution < 1.29 is 9.84 Å². The van der Waals surface area contributed by atoms with E-state index in [1.807, 2.05) is 13.0 Å². The van der Waals surface area contributed by atoms with Crippen molar-refractivity contribution in [2.75, 3.05) is 13.2 Å². The summed E-state index contributed by atoms with van der Waals surface area (Å²) in [5.41, 5.74) is 0.0595. The summed E-state index contributed by atoms with van der Waals surface area (Å²) in [6, 6.07) is 5.43. The van der Waals surface area contributed by atoms with Gasteiger partial charge in [0.15, 0.2) is 0 Å². The SMILES string of the molecule is CC1OCCC1(O)CNCc1c(Cl)cccc1Cl. The van der Waals surface area contributed by atoms with E-state index in [2.05, 4.69) is 5.32 Å². The van der Waals surface area contributed by atoms with Gasteiger partial charge in [0, 0.05) is 41.7 Å². The first-order chi connectivity index (χ1) is 8.53. The quantitative estimate of drug-likeness (QED) is 0.895. The van der Waals surface area contributed by atoms with Crippen molar-refractivity contribution in [2.24, 2.45) is 0 Å². The third kappa shape index (κ3) is 2.98. The van der Waals surface area contributed by atoms with Crippen LogP contribution >= 0.6 is 23.2 Å². The first kappa shape index (κ1) is 14.1. The van der Waals surface area contributed by atoms with Gasteiger partial charge in [0.1, 0.15) is 5.60 Å². The van der Waals surface area contributed by atoms with Crippen molar-refractivity contribution in [3.05, 3.63) is 33.8 Å². The van der Waals surface area contributed by atoms with Crippen molar-refractivity contribution in [1.82, 2.24) is 5.32 Å². The van der Waals surface area contributed by atoms with E-state index in [9.17, 15) is 5.11 Å². The van der Waals surface area contributed by atoms with E-state index in [4.69, 9.17) is 27.9 Å². The van der Waals surface area contributed by atoms with E-state index in [0.29, 0.717) is 36.2 Å². The molecule has 2 atom stereocenters. The molecule has 100 valence electrons. The van der Waals surface area contributed by atoms with Crippen molar-refractivity contribution >= 4 is 23.2 Å². The van der Waals surface area contributed by atoms with E-state index < -0.39 is 5.60 Å². The summed E-state index contributed by atoms with van der Waals surface area (Å²) in [4.78, 5) is 0. The Kier molecular flexibility index (Phi) is 4.51. The van der Waals surface area contributed by atoms with E-state index in [0.717, 1.165) is 5.56 Å². The van der Waals surface area contributed by atoms with Crippen LogP contribution in [0.25, 0.3) is 0 Å². The third-order valence-corrected chi connectivity index (χ3v) is 4.16.